The normalized spacial score (nSPS) is 12.2. The van der Waals surface area contributed by atoms with Gasteiger partial charge in [0.05, 0.1) is 23.6 Å². The lowest BCUT2D eigenvalue weighted by molar-refractivity contribution is 0.250. The average Bonchev–Trinajstić information content (AvgIpc) is 3.09. The summed E-state index contributed by atoms with van der Waals surface area (Å²) >= 11 is 0. The van der Waals surface area contributed by atoms with Gasteiger partial charge in [-0.3, -0.25) is 0 Å². The second-order valence-corrected chi connectivity index (χ2v) is 7.25. The minimum Gasteiger partial charge on any atom is -0.327 e. The number of carbonyl (C=O) groups excluding carboxylic acids is 1. The zero-order valence-corrected chi connectivity index (χ0v) is 16.5. The fourth-order valence-electron chi connectivity index (χ4n) is 3.98. The fraction of sp³-hybridized carbons (Fsp3) is 0.0800. The van der Waals surface area contributed by atoms with Gasteiger partial charge in [0.2, 0.25) is 0 Å². The maximum absolute atomic E-state index is 13.0. The molecule has 1 aliphatic rings. The summed E-state index contributed by atoms with van der Waals surface area (Å²) in [5, 5.41) is 6.08. The molecule has 0 atom stereocenters. The summed E-state index contributed by atoms with van der Waals surface area (Å²) in [5.74, 6) is 0.651. The molecule has 30 heavy (non-hydrogen) atoms. The van der Waals surface area contributed by atoms with Gasteiger partial charge in [-0.1, -0.05) is 78.9 Å². The molecule has 0 fully saturated rings. The maximum atomic E-state index is 13.0. The first-order valence-corrected chi connectivity index (χ1v) is 9.85. The number of amides is 2. The minimum atomic E-state index is -0.295. The highest BCUT2D eigenvalue weighted by atomic mass is 16.2. The highest BCUT2D eigenvalue weighted by Crippen LogP contribution is 2.43. The van der Waals surface area contributed by atoms with Crippen molar-refractivity contribution in [2.45, 2.75) is 13.0 Å². The number of urea groups is 1. The van der Waals surface area contributed by atoms with Crippen LogP contribution in [0.2, 0.25) is 0 Å². The van der Waals surface area contributed by atoms with Crippen molar-refractivity contribution in [3.8, 4) is 22.4 Å². The third kappa shape index (κ3) is 3.20. The van der Waals surface area contributed by atoms with Crippen LogP contribution >= 0.6 is 0 Å². The van der Waals surface area contributed by atoms with E-state index in [0.717, 1.165) is 27.8 Å². The van der Waals surface area contributed by atoms with Crippen LogP contribution < -0.4 is 10.6 Å². The number of hydrogen-bond acceptors (Lipinski definition) is 3. The number of carbonyl (C=O) groups is 1. The Labute approximate surface area is 174 Å². The van der Waals surface area contributed by atoms with Gasteiger partial charge in [-0.15, -0.1) is 0 Å². The van der Waals surface area contributed by atoms with Crippen molar-refractivity contribution < 1.29 is 4.79 Å². The Balaban J connectivity index is 1.44. The molecule has 4 aromatic rings. The van der Waals surface area contributed by atoms with Crippen LogP contribution in [0.3, 0.4) is 0 Å². The molecule has 0 radical (unpaired) electrons. The van der Waals surface area contributed by atoms with Gasteiger partial charge in [0.15, 0.2) is 0 Å². The summed E-state index contributed by atoms with van der Waals surface area (Å²) in [4.78, 5) is 21.8. The lowest BCUT2D eigenvalue weighted by atomic mass is 10.1. The predicted molar refractivity (Wildman–Crippen MR) is 118 cm³/mol. The van der Waals surface area contributed by atoms with Gasteiger partial charge < -0.3 is 10.6 Å². The molecule has 1 aromatic heterocycles. The predicted octanol–water partition coefficient (Wildman–Crippen LogP) is 5.34. The van der Waals surface area contributed by atoms with E-state index in [2.05, 4.69) is 44.9 Å². The summed E-state index contributed by atoms with van der Waals surface area (Å²) in [6.07, 6.45) is 1.65. The van der Waals surface area contributed by atoms with Crippen molar-refractivity contribution in [3.63, 3.8) is 0 Å². The van der Waals surface area contributed by atoms with E-state index in [4.69, 9.17) is 0 Å². The molecule has 1 heterocycles. The van der Waals surface area contributed by atoms with E-state index in [1.165, 1.54) is 0 Å². The SMILES string of the molecule is Cc1ncc(NC(=O)NC2c3ccccc3-c3ccccc32)c(-c2ccccc2)n1. The van der Waals surface area contributed by atoms with Crippen molar-refractivity contribution in [3.05, 3.63) is 102 Å². The van der Waals surface area contributed by atoms with Crippen LogP contribution in [0.4, 0.5) is 10.5 Å². The second kappa shape index (κ2) is 7.44. The minimum absolute atomic E-state index is 0.205. The quantitative estimate of drug-likeness (QED) is 0.494. The number of fused-ring (bicyclic) bond motifs is 3. The van der Waals surface area contributed by atoms with E-state index in [-0.39, 0.29) is 12.1 Å². The molecule has 2 amide bonds. The lowest BCUT2D eigenvalue weighted by Crippen LogP contribution is -2.32. The van der Waals surface area contributed by atoms with Crippen molar-refractivity contribution in [1.29, 1.82) is 0 Å². The van der Waals surface area contributed by atoms with Gasteiger partial charge in [-0.2, -0.15) is 0 Å². The number of aryl methyl sites for hydroxylation is 1. The Hall–Kier alpha value is -3.99. The largest absolute Gasteiger partial charge is 0.327 e. The van der Waals surface area contributed by atoms with Crippen LogP contribution in [-0.4, -0.2) is 16.0 Å². The first-order chi connectivity index (χ1) is 14.7. The van der Waals surface area contributed by atoms with E-state index >= 15 is 0 Å². The number of nitrogens with zero attached hydrogens (tertiary/aromatic N) is 2. The molecule has 5 nitrogen and oxygen atoms in total. The van der Waals surface area contributed by atoms with Crippen LogP contribution in [0, 0.1) is 6.92 Å². The molecule has 5 heteroatoms. The third-order valence-corrected chi connectivity index (χ3v) is 5.31. The van der Waals surface area contributed by atoms with Gasteiger partial charge >= 0.3 is 6.03 Å². The summed E-state index contributed by atoms with van der Waals surface area (Å²) in [7, 11) is 0. The van der Waals surface area contributed by atoms with Crippen LogP contribution in [0.5, 0.6) is 0 Å². The maximum Gasteiger partial charge on any atom is 0.320 e. The third-order valence-electron chi connectivity index (χ3n) is 5.31. The van der Waals surface area contributed by atoms with E-state index in [1.807, 2.05) is 61.5 Å². The Morgan fingerprint density at radius 1 is 0.833 bits per heavy atom. The second-order valence-electron chi connectivity index (χ2n) is 7.25. The molecule has 3 aromatic carbocycles. The topological polar surface area (TPSA) is 66.9 Å². The zero-order chi connectivity index (χ0) is 20.5. The average molecular weight is 392 g/mol. The van der Waals surface area contributed by atoms with E-state index < -0.39 is 0 Å². The van der Waals surface area contributed by atoms with Crippen molar-refractivity contribution in [2.24, 2.45) is 0 Å². The van der Waals surface area contributed by atoms with Gasteiger partial charge in [0.25, 0.3) is 0 Å². The zero-order valence-electron chi connectivity index (χ0n) is 16.5. The number of hydrogen-bond donors (Lipinski definition) is 2. The summed E-state index contributed by atoms with van der Waals surface area (Å²) in [6, 6.07) is 25.6. The molecule has 0 saturated heterocycles. The number of aromatic nitrogens is 2. The van der Waals surface area contributed by atoms with Crippen molar-refractivity contribution in [1.82, 2.24) is 15.3 Å². The Morgan fingerprint density at radius 3 is 2.10 bits per heavy atom. The number of nitrogens with one attached hydrogen (secondary N) is 2. The van der Waals surface area contributed by atoms with Crippen LogP contribution in [0.1, 0.15) is 23.0 Å². The smallest absolute Gasteiger partial charge is 0.320 e. The number of rotatable bonds is 3. The van der Waals surface area contributed by atoms with Crippen molar-refractivity contribution in [2.75, 3.05) is 5.32 Å². The molecule has 0 unspecified atom stereocenters. The molecule has 0 bridgehead atoms. The molecule has 146 valence electrons. The first-order valence-electron chi connectivity index (χ1n) is 9.85. The van der Waals surface area contributed by atoms with E-state index in [1.54, 1.807) is 6.20 Å². The van der Waals surface area contributed by atoms with Crippen LogP contribution in [0.15, 0.2) is 85.1 Å². The molecule has 0 spiro atoms. The van der Waals surface area contributed by atoms with Gasteiger partial charge in [0.1, 0.15) is 5.82 Å². The highest BCUT2D eigenvalue weighted by Gasteiger charge is 2.29. The monoisotopic (exact) mass is 392 g/mol. The summed E-state index contributed by atoms with van der Waals surface area (Å²) in [5.41, 5.74) is 6.70. The molecular weight excluding hydrogens is 372 g/mol. The molecule has 1 aliphatic carbocycles. The highest BCUT2D eigenvalue weighted by molar-refractivity contribution is 5.94. The Morgan fingerprint density at radius 2 is 1.43 bits per heavy atom. The lowest BCUT2D eigenvalue weighted by Gasteiger charge is -2.17. The Kier molecular flexibility index (Phi) is 4.48. The molecule has 0 saturated carbocycles. The standard InChI is InChI=1S/C25H20N4O/c1-16-26-15-22(23(27-16)17-9-3-2-4-10-17)28-25(30)29-24-20-13-7-5-11-18(20)19-12-6-8-14-21(19)24/h2-15,24H,1H3,(H2,28,29,30). The number of benzene rings is 3. The van der Waals surface area contributed by atoms with E-state index in [9.17, 15) is 4.79 Å². The van der Waals surface area contributed by atoms with Crippen LogP contribution in [-0.2, 0) is 0 Å². The summed E-state index contributed by atoms with van der Waals surface area (Å²) < 4.78 is 0. The molecule has 0 aliphatic heterocycles. The first kappa shape index (κ1) is 18.1. The molecular formula is C25H20N4O. The summed E-state index contributed by atoms with van der Waals surface area (Å²) in [6.45, 7) is 1.84. The van der Waals surface area contributed by atoms with Gasteiger partial charge in [0, 0.05) is 5.56 Å². The number of anilines is 1. The fourth-order valence-corrected chi connectivity index (χ4v) is 3.98. The van der Waals surface area contributed by atoms with Gasteiger partial charge in [-0.25, -0.2) is 14.8 Å². The van der Waals surface area contributed by atoms with Gasteiger partial charge in [-0.05, 0) is 29.2 Å². The van der Waals surface area contributed by atoms with Crippen molar-refractivity contribution >= 4 is 11.7 Å². The van der Waals surface area contributed by atoms with E-state index in [0.29, 0.717) is 17.2 Å². The molecule has 5 rings (SSSR count). The van der Waals surface area contributed by atoms with Crippen LogP contribution in [0.25, 0.3) is 22.4 Å². The molecule has 2 N–H and O–H groups in total. The Bertz CT molecular complexity index is 1190.